The number of fused-ring (bicyclic) bond motifs is 1. The van der Waals surface area contributed by atoms with Crippen LogP contribution in [0.25, 0.3) is 10.9 Å². The molecule has 0 aliphatic heterocycles. The van der Waals surface area contributed by atoms with Gasteiger partial charge >= 0.3 is 18.3 Å². The van der Waals surface area contributed by atoms with Crippen LogP contribution in [0, 0.1) is 6.92 Å². The molecule has 0 bridgehead atoms. The minimum Gasteiger partial charge on any atom is -0.461 e. The van der Waals surface area contributed by atoms with Crippen molar-refractivity contribution >= 4 is 22.6 Å². The van der Waals surface area contributed by atoms with Gasteiger partial charge in [-0.15, -0.1) is 0 Å². The standard InChI is InChI=1S/C16H14F6N2O2/c1-3-26-14(25)12-4-8(2)10-5-9(23-7-15(17,18)19)6-11(13(10)24-12)16(20,21)22/h4-6,23H,3,7H2,1-2H3. The Labute approximate surface area is 144 Å². The van der Waals surface area contributed by atoms with Crippen LogP contribution in [0.15, 0.2) is 18.2 Å². The summed E-state index contributed by atoms with van der Waals surface area (Å²) in [6.07, 6.45) is -9.46. The second-order valence-electron chi connectivity index (χ2n) is 5.43. The molecule has 1 N–H and O–H groups in total. The van der Waals surface area contributed by atoms with Crippen LogP contribution in [0.5, 0.6) is 0 Å². The highest BCUT2D eigenvalue weighted by Gasteiger charge is 2.35. The number of esters is 1. The van der Waals surface area contributed by atoms with E-state index >= 15 is 0 Å². The van der Waals surface area contributed by atoms with Crippen molar-refractivity contribution in [3.63, 3.8) is 0 Å². The number of halogens is 6. The summed E-state index contributed by atoms with van der Waals surface area (Å²) >= 11 is 0. The first-order chi connectivity index (χ1) is 11.9. The quantitative estimate of drug-likeness (QED) is 0.616. The number of aryl methyl sites for hydroxylation is 1. The van der Waals surface area contributed by atoms with E-state index in [9.17, 15) is 31.1 Å². The van der Waals surface area contributed by atoms with Gasteiger partial charge in [0.2, 0.25) is 0 Å². The molecular formula is C16H14F6N2O2. The number of alkyl halides is 6. The molecule has 0 amide bonds. The highest BCUT2D eigenvalue weighted by Crippen LogP contribution is 2.37. The molecule has 1 aromatic carbocycles. The lowest BCUT2D eigenvalue weighted by Crippen LogP contribution is -2.21. The Kier molecular flexibility index (Phi) is 5.33. The predicted molar refractivity (Wildman–Crippen MR) is 82.0 cm³/mol. The molecule has 1 aromatic heterocycles. The van der Waals surface area contributed by atoms with Crippen LogP contribution >= 0.6 is 0 Å². The number of benzene rings is 1. The van der Waals surface area contributed by atoms with Crippen molar-refractivity contribution in [1.82, 2.24) is 4.98 Å². The molecule has 2 aromatic rings. The van der Waals surface area contributed by atoms with Gasteiger partial charge in [0.1, 0.15) is 12.2 Å². The second-order valence-corrected chi connectivity index (χ2v) is 5.43. The lowest BCUT2D eigenvalue weighted by Gasteiger charge is -2.16. The van der Waals surface area contributed by atoms with Crippen LogP contribution < -0.4 is 5.32 Å². The third-order valence-corrected chi connectivity index (χ3v) is 3.40. The molecule has 0 aliphatic carbocycles. The van der Waals surface area contributed by atoms with Crippen LogP contribution in [0.3, 0.4) is 0 Å². The maximum absolute atomic E-state index is 13.4. The maximum atomic E-state index is 13.4. The summed E-state index contributed by atoms with van der Waals surface area (Å²) < 4.78 is 81.9. The number of hydrogen-bond acceptors (Lipinski definition) is 4. The van der Waals surface area contributed by atoms with Crippen molar-refractivity contribution in [3.05, 3.63) is 35.0 Å². The smallest absolute Gasteiger partial charge is 0.418 e. The monoisotopic (exact) mass is 380 g/mol. The molecule has 10 heteroatoms. The lowest BCUT2D eigenvalue weighted by atomic mass is 10.0. The third kappa shape index (κ3) is 4.55. The summed E-state index contributed by atoms with van der Waals surface area (Å²) in [6.45, 7) is 1.50. The number of pyridine rings is 1. The van der Waals surface area contributed by atoms with E-state index in [-0.39, 0.29) is 28.9 Å². The molecule has 0 radical (unpaired) electrons. The van der Waals surface area contributed by atoms with Crippen LogP contribution in [-0.4, -0.2) is 30.3 Å². The van der Waals surface area contributed by atoms with Gasteiger partial charge < -0.3 is 10.1 Å². The van der Waals surface area contributed by atoms with E-state index in [1.807, 2.05) is 5.32 Å². The molecule has 0 aliphatic rings. The first kappa shape index (κ1) is 19.8. The second kappa shape index (κ2) is 7.00. The molecule has 0 fully saturated rings. The highest BCUT2D eigenvalue weighted by molar-refractivity contribution is 5.95. The van der Waals surface area contributed by atoms with Crippen molar-refractivity contribution in [2.75, 3.05) is 18.5 Å². The van der Waals surface area contributed by atoms with Gasteiger partial charge in [0.15, 0.2) is 0 Å². The van der Waals surface area contributed by atoms with Crippen molar-refractivity contribution in [2.45, 2.75) is 26.2 Å². The summed E-state index contributed by atoms with van der Waals surface area (Å²) in [5, 5.41) is 1.91. The molecule has 1 heterocycles. The van der Waals surface area contributed by atoms with E-state index in [1.165, 1.54) is 19.9 Å². The summed E-state index contributed by atoms with van der Waals surface area (Å²) in [5.74, 6) is -0.884. The summed E-state index contributed by atoms with van der Waals surface area (Å²) in [5.41, 5.74) is -2.18. The Morgan fingerprint density at radius 3 is 2.35 bits per heavy atom. The van der Waals surface area contributed by atoms with E-state index in [0.717, 1.165) is 6.07 Å². The van der Waals surface area contributed by atoms with Gasteiger partial charge in [-0.1, -0.05) is 0 Å². The number of hydrogen-bond donors (Lipinski definition) is 1. The highest BCUT2D eigenvalue weighted by atomic mass is 19.4. The van der Waals surface area contributed by atoms with E-state index in [2.05, 4.69) is 4.98 Å². The third-order valence-electron chi connectivity index (χ3n) is 3.40. The Balaban J connectivity index is 2.64. The fourth-order valence-electron chi connectivity index (χ4n) is 2.32. The number of anilines is 1. The van der Waals surface area contributed by atoms with E-state index < -0.39 is 35.9 Å². The molecule has 2 rings (SSSR count). The van der Waals surface area contributed by atoms with Crippen molar-refractivity contribution in [2.24, 2.45) is 0 Å². The minimum atomic E-state index is -4.87. The number of rotatable bonds is 4. The van der Waals surface area contributed by atoms with Crippen molar-refractivity contribution in [1.29, 1.82) is 0 Å². The van der Waals surface area contributed by atoms with Gasteiger partial charge in [0.25, 0.3) is 0 Å². The lowest BCUT2D eigenvalue weighted by molar-refractivity contribution is -0.136. The minimum absolute atomic E-state index is 0.0162. The molecule has 0 atom stereocenters. The molecule has 142 valence electrons. The normalized spacial score (nSPS) is 12.3. The van der Waals surface area contributed by atoms with Gasteiger partial charge in [-0.05, 0) is 37.6 Å². The predicted octanol–water partition coefficient (Wildman–Crippen LogP) is 4.71. The number of ether oxygens (including phenoxy) is 1. The molecular weight excluding hydrogens is 366 g/mol. The fourth-order valence-corrected chi connectivity index (χ4v) is 2.32. The first-order valence-corrected chi connectivity index (χ1v) is 7.42. The van der Waals surface area contributed by atoms with Crippen molar-refractivity contribution in [3.8, 4) is 0 Å². The summed E-state index contributed by atoms with van der Waals surface area (Å²) in [6, 6.07) is 2.90. The van der Waals surface area contributed by atoms with E-state index in [1.54, 1.807) is 0 Å². The van der Waals surface area contributed by atoms with E-state index in [0.29, 0.717) is 6.07 Å². The molecule has 0 spiro atoms. The fraction of sp³-hybridized carbons (Fsp3) is 0.375. The van der Waals surface area contributed by atoms with Gasteiger partial charge in [-0.2, -0.15) is 26.3 Å². The van der Waals surface area contributed by atoms with Crippen LogP contribution in [-0.2, 0) is 10.9 Å². The zero-order chi connectivity index (χ0) is 19.7. The van der Waals surface area contributed by atoms with E-state index in [4.69, 9.17) is 4.74 Å². The van der Waals surface area contributed by atoms with Gasteiger partial charge in [0, 0.05) is 11.1 Å². The average Bonchev–Trinajstić information content (AvgIpc) is 2.51. The van der Waals surface area contributed by atoms with Gasteiger partial charge in [0.05, 0.1) is 17.7 Å². The Morgan fingerprint density at radius 2 is 1.81 bits per heavy atom. The van der Waals surface area contributed by atoms with Gasteiger partial charge in [-0.25, -0.2) is 9.78 Å². The number of nitrogens with zero attached hydrogens (tertiary/aromatic N) is 1. The Morgan fingerprint density at radius 1 is 1.15 bits per heavy atom. The topological polar surface area (TPSA) is 51.2 Å². The molecule has 0 saturated heterocycles. The van der Waals surface area contributed by atoms with Crippen LogP contribution in [0.2, 0.25) is 0 Å². The number of aromatic nitrogens is 1. The molecule has 4 nitrogen and oxygen atoms in total. The zero-order valence-corrected chi connectivity index (χ0v) is 13.7. The Bertz CT molecular complexity index is 830. The largest absolute Gasteiger partial charge is 0.461 e. The number of carbonyl (C=O) groups excluding carboxylic acids is 1. The average molecular weight is 380 g/mol. The molecule has 0 unspecified atom stereocenters. The zero-order valence-electron chi connectivity index (χ0n) is 13.7. The SMILES string of the molecule is CCOC(=O)c1cc(C)c2cc(NCC(F)(F)F)cc(C(F)(F)F)c2n1. The first-order valence-electron chi connectivity index (χ1n) is 7.42. The van der Waals surface area contributed by atoms with Gasteiger partial charge in [-0.3, -0.25) is 0 Å². The number of carbonyl (C=O) groups is 1. The molecule has 0 saturated carbocycles. The Hall–Kier alpha value is -2.52. The maximum Gasteiger partial charge on any atom is 0.418 e. The van der Waals surface area contributed by atoms with Crippen LogP contribution in [0.4, 0.5) is 32.0 Å². The summed E-state index contributed by atoms with van der Waals surface area (Å²) in [7, 11) is 0. The number of nitrogens with one attached hydrogen (secondary N) is 1. The van der Waals surface area contributed by atoms with Crippen LogP contribution in [0.1, 0.15) is 28.5 Å². The summed E-state index contributed by atoms with van der Waals surface area (Å²) in [4.78, 5) is 15.5. The molecule has 26 heavy (non-hydrogen) atoms. The van der Waals surface area contributed by atoms with Crippen molar-refractivity contribution < 1.29 is 35.9 Å².